The highest BCUT2D eigenvalue weighted by Gasteiger charge is 2.14. The van der Waals surface area contributed by atoms with Crippen molar-refractivity contribution in [2.75, 3.05) is 36.9 Å². The normalized spacial score (nSPS) is 18.8. The summed E-state index contributed by atoms with van der Waals surface area (Å²) in [6.45, 7) is 3.11. The summed E-state index contributed by atoms with van der Waals surface area (Å²) < 4.78 is 11.2. The van der Waals surface area contributed by atoms with E-state index in [1.165, 1.54) is 4.90 Å². The van der Waals surface area contributed by atoms with E-state index in [9.17, 15) is 4.21 Å². The Labute approximate surface area is 104 Å². The second-order valence-corrected chi connectivity index (χ2v) is 6.72. The van der Waals surface area contributed by atoms with Crippen LogP contribution in [0.1, 0.15) is 0 Å². The average molecular weight is 255 g/mol. The van der Waals surface area contributed by atoms with Gasteiger partial charge in [0.1, 0.15) is 0 Å². The molecule has 2 nitrogen and oxygen atoms in total. The van der Waals surface area contributed by atoms with Gasteiger partial charge in [-0.05, 0) is 12.1 Å². The van der Waals surface area contributed by atoms with E-state index in [1.54, 1.807) is 0 Å². The van der Waals surface area contributed by atoms with Crippen molar-refractivity contribution in [1.29, 1.82) is 0 Å². The van der Waals surface area contributed by atoms with E-state index >= 15 is 0 Å². The molecule has 1 aliphatic rings. The Kier molecular flexibility index (Phi) is 4.88. The summed E-state index contributed by atoms with van der Waals surface area (Å²) in [5.74, 6) is 2.84. The minimum atomic E-state index is -0.551. The van der Waals surface area contributed by atoms with Gasteiger partial charge in [-0.1, -0.05) is 18.2 Å². The first-order chi connectivity index (χ1) is 7.84. The van der Waals surface area contributed by atoms with Crippen molar-refractivity contribution in [2.45, 2.75) is 4.90 Å². The van der Waals surface area contributed by atoms with Gasteiger partial charge in [-0.3, -0.25) is 4.21 Å². The van der Waals surface area contributed by atoms with Gasteiger partial charge in [0.15, 0.2) is 0 Å². The number of hydrogen-bond donors (Lipinski definition) is 0. The van der Waals surface area contributed by atoms with Crippen LogP contribution in [0.15, 0.2) is 35.2 Å². The van der Waals surface area contributed by atoms with Gasteiger partial charge in [-0.15, -0.1) is 11.8 Å². The fourth-order valence-electron chi connectivity index (χ4n) is 1.71. The van der Waals surface area contributed by atoms with Gasteiger partial charge in [0.05, 0.1) is 0 Å². The maximum absolute atomic E-state index is 11.2. The van der Waals surface area contributed by atoms with Crippen molar-refractivity contribution in [3.8, 4) is 0 Å². The lowest BCUT2D eigenvalue weighted by molar-refractivity contribution is 0.319. The lowest BCUT2D eigenvalue weighted by Gasteiger charge is -2.25. The van der Waals surface area contributed by atoms with Crippen LogP contribution >= 0.6 is 11.8 Å². The number of benzene rings is 1. The Bertz CT molecular complexity index is 332. The smallest absolute Gasteiger partial charge is 0.0363 e. The lowest BCUT2D eigenvalue weighted by Crippen LogP contribution is -2.38. The number of nitrogens with zero attached hydrogens (tertiary/aromatic N) is 1. The van der Waals surface area contributed by atoms with Crippen LogP contribution in [0, 0.1) is 0 Å². The van der Waals surface area contributed by atoms with Crippen LogP contribution in [0.4, 0.5) is 0 Å². The zero-order chi connectivity index (χ0) is 11.2. The molecule has 0 spiro atoms. The van der Waals surface area contributed by atoms with Gasteiger partial charge in [0.25, 0.3) is 0 Å². The summed E-state index contributed by atoms with van der Waals surface area (Å²) in [5, 5.41) is 0. The molecule has 0 aliphatic carbocycles. The minimum Gasteiger partial charge on any atom is -0.301 e. The number of rotatable bonds is 4. The molecule has 0 radical (unpaired) electrons. The molecule has 0 saturated carbocycles. The zero-order valence-electron chi connectivity index (χ0n) is 9.30. The summed E-state index contributed by atoms with van der Waals surface area (Å²) >= 11 is 1.90. The SMILES string of the molecule is O=S1CCN(CCSc2ccccc2)CC1. The predicted molar refractivity (Wildman–Crippen MR) is 71.5 cm³/mol. The first-order valence-electron chi connectivity index (χ1n) is 5.60. The van der Waals surface area contributed by atoms with Crippen LogP contribution in [-0.2, 0) is 10.8 Å². The predicted octanol–water partition coefficient (Wildman–Crippen LogP) is 1.84. The van der Waals surface area contributed by atoms with E-state index in [4.69, 9.17) is 0 Å². The highest BCUT2D eigenvalue weighted by atomic mass is 32.2. The largest absolute Gasteiger partial charge is 0.301 e. The minimum absolute atomic E-state index is 0.551. The molecule has 0 amide bonds. The van der Waals surface area contributed by atoms with Crippen LogP contribution in [-0.4, -0.2) is 46.0 Å². The van der Waals surface area contributed by atoms with E-state index in [2.05, 4.69) is 29.2 Å². The molecule has 1 heterocycles. The van der Waals surface area contributed by atoms with Crippen LogP contribution in [0.2, 0.25) is 0 Å². The molecule has 0 unspecified atom stereocenters. The molecule has 88 valence electrons. The van der Waals surface area contributed by atoms with Crippen LogP contribution in [0.3, 0.4) is 0 Å². The molecule has 4 heteroatoms. The third kappa shape index (κ3) is 3.92. The third-order valence-corrected chi connectivity index (χ3v) is 4.96. The van der Waals surface area contributed by atoms with E-state index in [0.717, 1.165) is 36.9 Å². The van der Waals surface area contributed by atoms with Gasteiger partial charge in [-0.2, -0.15) is 0 Å². The van der Waals surface area contributed by atoms with Crippen molar-refractivity contribution in [1.82, 2.24) is 4.90 Å². The summed E-state index contributed by atoms with van der Waals surface area (Å²) in [6.07, 6.45) is 0. The Morgan fingerprint density at radius 3 is 2.56 bits per heavy atom. The second-order valence-electron chi connectivity index (χ2n) is 3.85. The first-order valence-corrected chi connectivity index (χ1v) is 8.07. The van der Waals surface area contributed by atoms with Crippen molar-refractivity contribution >= 4 is 22.6 Å². The quantitative estimate of drug-likeness (QED) is 0.766. The molecule has 16 heavy (non-hydrogen) atoms. The molecular weight excluding hydrogens is 238 g/mol. The zero-order valence-corrected chi connectivity index (χ0v) is 10.9. The van der Waals surface area contributed by atoms with E-state index < -0.39 is 10.8 Å². The molecule has 0 bridgehead atoms. The molecule has 1 aromatic carbocycles. The van der Waals surface area contributed by atoms with Crippen molar-refractivity contribution in [2.24, 2.45) is 0 Å². The van der Waals surface area contributed by atoms with Gasteiger partial charge >= 0.3 is 0 Å². The molecule has 1 saturated heterocycles. The summed E-state index contributed by atoms with van der Waals surface area (Å²) in [5.41, 5.74) is 0. The maximum Gasteiger partial charge on any atom is 0.0363 e. The monoisotopic (exact) mass is 255 g/mol. The summed E-state index contributed by atoms with van der Waals surface area (Å²) in [7, 11) is -0.551. The first kappa shape index (κ1) is 12.1. The lowest BCUT2D eigenvalue weighted by atomic mass is 10.4. The van der Waals surface area contributed by atoms with E-state index in [-0.39, 0.29) is 0 Å². The molecular formula is C12H17NOS2. The third-order valence-electron chi connectivity index (χ3n) is 2.69. The summed E-state index contributed by atoms with van der Waals surface area (Å²) in [4.78, 5) is 3.75. The second kappa shape index (κ2) is 6.42. The summed E-state index contributed by atoms with van der Waals surface area (Å²) in [6, 6.07) is 10.5. The fourth-order valence-corrected chi connectivity index (χ4v) is 3.77. The van der Waals surface area contributed by atoms with Crippen molar-refractivity contribution in [3.05, 3.63) is 30.3 Å². The van der Waals surface area contributed by atoms with Gasteiger partial charge in [-0.25, -0.2) is 0 Å². The number of hydrogen-bond acceptors (Lipinski definition) is 3. The molecule has 2 rings (SSSR count). The molecule has 0 atom stereocenters. The van der Waals surface area contributed by atoms with Crippen LogP contribution in [0.5, 0.6) is 0 Å². The van der Waals surface area contributed by atoms with Crippen LogP contribution in [0.25, 0.3) is 0 Å². The number of thioether (sulfide) groups is 1. The Hall–Kier alpha value is -0.320. The van der Waals surface area contributed by atoms with Gasteiger partial charge in [0.2, 0.25) is 0 Å². The van der Waals surface area contributed by atoms with E-state index in [1.807, 2.05) is 17.8 Å². The van der Waals surface area contributed by atoms with Gasteiger partial charge < -0.3 is 4.90 Å². The van der Waals surface area contributed by atoms with E-state index in [0.29, 0.717) is 0 Å². The Morgan fingerprint density at radius 1 is 1.19 bits per heavy atom. The van der Waals surface area contributed by atoms with Gasteiger partial charge in [0, 0.05) is 52.6 Å². The molecule has 1 fully saturated rings. The fraction of sp³-hybridized carbons (Fsp3) is 0.500. The van der Waals surface area contributed by atoms with Crippen molar-refractivity contribution < 1.29 is 4.21 Å². The van der Waals surface area contributed by atoms with Crippen LogP contribution < -0.4 is 0 Å². The maximum atomic E-state index is 11.2. The van der Waals surface area contributed by atoms with Crippen molar-refractivity contribution in [3.63, 3.8) is 0 Å². The molecule has 0 N–H and O–H groups in total. The average Bonchev–Trinajstić information content (AvgIpc) is 2.33. The topological polar surface area (TPSA) is 20.3 Å². The molecule has 1 aliphatic heterocycles. The standard InChI is InChI=1S/C12H17NOS2/c14-16-10-7-13(8-11-16)6-9-15-12-4-2-1-3-5-12/h1-5H,6-11H2. The Balaban J connectivity index is 1.67. The Morgan fingerprint density at radius 2 is 1.88 bits per heavy atom. The highest BCUT2D eigenvalue weighted by Crippen LogP contribution is 2.17. The molecule has 0 aromatic heterocycles. The molecule has 1 aromatic rings. The highest BCUT2D eigenvalue weighted by molar-refractivity contribution is 7.99.